The highest BCUT2D eigenvalue weighted by atomic mass is 79.9. The summed E-state index contributed by atoms with van der Waals surface area (Å²) in [6, 6.07) is 0. The zero-order valence-electron chi connectivity index (χ0n) is 7.88. The number of amides is 1. The van der Waals surface area contributed by atoms with Crippen LogP contribution in [-0.4, -0.2) is 30.5 Å². The second kappa shape index (κ2) is 8.26. The van der Waals surface area contributed by atoms with Gasteiger partial charge in [0.05, 0.1) is 18.0 Å². The van der Waals surface area contributed by atoms with Crippen molar-refractivity contribution in [1.82, 2.24) is 5.32 Å². The molecule has 0 saturated carbocycles. The Hall–Kier alpha value is -0.350. The fourth-order valence-electron chi connectivity index (χ4n) is 0.656. The summed E-state index contributed by atoms with van der Waals surface area (Å²) in [5.74, 6) is -0.00711. The van der Waals surface area contributed by atoms with Gasteiger partial charge in [-0.1, -0.05) is 22.0 Å². The van der Waals surface area contributed by atoms with Crippen molar-refractivity contribution in [1.29, 1.82) is 0 Å². The number of carbonyl (C=O) groups excluding carboxylic acids is 1. The van der Waals surface area contributed by atoms with Gasteiger partial charge < -0.3 is 10.1 Å². The Labute approximate surface area is 87.7 Å². The summed E-state index contributed by atoms with van der Waals surface area (Å²) in [6.45, 7) is 7.15. The molecule has 0 fully saturated rings. The molecule has 0 aromatic heterocycles. The summed E-state index contributed by atoms with van der Waals surface area (Å²) in [5.41, 5.74) is 0. The van der Waals surface area contributed by atoms with E-state index in [2.05, 4.69) is 27.8 Å². The SMILES string of the molecule is C=CCCOCCNC(=O)C(C)Br. The Balaban J connectivity index is 3.16. The van der Waals surface area contributed by atoms with E-state index < -0.39 is 0 Å². The maximum atomic E-state index is 11.0. The van der Waals surface area contributed by atoms with Gasteiger partial charge in [-0.05, 0) is 13.3 Å². The molecule has 4 heteroatoms. The summed E-state index contributed by atoms with van der Waals surface area (Å²) >= 11 is 3.17. The van der Waals surface area contributed by atoms with Gasteiger partial charge in [-0.2, -0.15) is 0 Å². The van der Waals surface area contributed by atoms with Gasteiger partial charge in [-0.3, -0.25) is 4.79 Å². The van der Waals surface area contributed by atoms with E-state index in [1.807, 2.05) is 0 Å². The van der Waals surface area contributed by atoms with E-state index in [-0.39, 0.29) is 10.7 Å². The molecule has 0 aromatic rings. The van der Waals surface area contributed by atoms with Crippen LogP contribution in [0.15, 0.2) is 12.7 Å². The van der Waals surface area contributed by atoms with Crippen molar-refractivity contribution in [2.45, 2.75) is 18.2 Å². The first-order valence-corrected chi connectivity index (χ1v) is 5.20. The molecule has 1 amide bonds. The largest absolute Gasteiger partial charge is 0.379 e. The van der Waals surface area contributed by atoms with Crippen molar-refractivity contribution in [3.8, 4) is 0 Å². The molecule has 76 valence electrons. The van der Waals surface area contributed by atoms with Gasteiger partial charge in [0, 0.05) is 6.54 Å². The quantitative estimate of drug-likeness (QED) is 0.422. The van der Waals surface area contributed by atoms with E-state index in [0.29, 0.717) is 19.8 Å². The number of carbonyl (C=O) groups is 1. The van der Waals surface area contributed by atoms with Crippen molar-refractivity contribution in [3.63, 3.8) is 0 Å². The molecule has 1 atom stereocenters. The van der Waals surface area contributed by atoms with E-state index in [9.17, 15) is 4.79 Å². The molecular weight excluding hydrogens is 234 g/mol. The summed E-state index contributed by atoms with van der Waals surface area (Å²) in [4.78, 5) is 10.9. The molecule has 1 N–H and O–H groups in total. The first-order valence-electron chi connectivity index (χ1n) is 4.29. The number of nitrogens with one attached hydrogen (secondary N) is 1. The van der Waals surface area contributed by atoms with Crippen LogP contribution in [-0.2, 0) is 9.53 Å². The first-order chi connectivity index (χ1) is 6.18. The van der Waals surface area contributed by atoms with Crippen molar-refractivity contribution in [2.75, 3.05) is 19.8 Å². The Morgan fingerprint density at radius 3 is 2.92 bits per heavy atom. The minimum Gasteiger partial charge on any atom is -0.379 e. The van der Waals surface area contributed by atoms with E-state index >= 15 is 0 Å². The Morgan fingerprint density at radius 2 is 2.38 bits per heavy atom. The molecule has 13 heavy (non-hydrogen) atoms. The van der Waals surface area contributed by atoms with Crippen LogP contribution in [0.2, 0.25) is 0 Å². The number of ether oxygens (including phenoxy) is 1. The number of rotatable bonds is 7. The van der Waals surface area contributed by atoms with Crippen LogP contribution in [0.25, 0.3) is 0 Å². The lowest BCUT2D eigenvalue weighted by Gasteiger charge is -2.06. The molecule has 0 spiro atoms. The molecule has 0 saturated heterocycles. The lowest BCUT2D eigenvalue weighted by atomic mass is 10.4. The highest BCUT2D eigenvalue weighted by Crippen LogP contribution is 1.95. The Kier molecular flexibility index (Phi) is 8.04. The average molecular weight is 250 g/mol. The topological polar surface area (TPSA) is 38.3 Å². The number of alkyl halides is 1. The molecule has 0 bridgehead atoms. The molecule has 0 aromatic carbocycles. The van der Waals surface area contributed by atoms with Crippen LogP contribution in [0.3, 0.4) is 0 Å². The second-order valence-electron chi connectivity index (χ2n) is 2.60. The Bertz CT molecular complexity index is 160. The molecule has 1 unspecified atom stereocenters. The normalized spacial score (nSPS) is 12.2. The van der Waals surface area contributed by atoms with Crippen LogP contribution >= 0.6 is 15.9 Å². The highest BCUT2D eigenvalue weighted by molar-refractivity contribution is 9.10. The molecule has 3 nitrogen and oxygen atoms in total. The third-order valence-electron chi connectivity index (χ3n) is 1.37. The predicted molar refractivity (Wildman–Crippen MR) is 57.0 cm³/mol. The number of hydrogen-bond donors (Lipinski definition) is 1. The van der Waals surface area contributed by atoms with Crippen LogP contribution in [0, 0.1) is 0 Å². The minimum absolute atomic E-state index is 0.00711. The fraction of sp³-hybridized carbons (Fsp3) is 0.667. The first kappa shape index (κ1) is 12.7. The maximum absolute atomic E-state index is 11.0. The minimum atomic E-state index is -0.138. The zero-order chi connectivity index (χ0) is 10.1. The smallest absolute Gasteiger partial charge is 0.233 e. The van der Waals surface area contributed by atoms with Crippen LogP contribution in [0.1, 0.15) is 13.3 Å². The van der Waals surface area contributed by atoms with Gasteiger partial charge in [0.1, 0.15) is 0 Å². The summed E-state index contributed by atoms with van der Waals surface area (Å²) in [5, 5.41) is 2.72. The number of hydrogen-bond acceptors (Lipinski definition) is 2. The predicted octanol–water partition coefficient (Wildman–Crippen LogP) is 1.48. The van der Waals surface area contributed by atoms with Crippen molar-refractivity contribution in [2.24, 2.45) is 0 Å². The van der Waals surface area contributed by atoms with Crippen LogP contribution in [0.5, 0.6) is 0 Å². The van der Waals surface area contributed by atoms with Crippen molar-refractivity contribution in [3.05, 3.63) is 12.7 Å². The molecule has 0 aliphatic carbocycles. The average Bonchev–Trinajstić information content (AvgIpc) is 2.10. The van der Waals surface area contributed by atoms with Crippen molar-refractivity contribution >= 4 is 21.8 Å². The summed E-state index contributed by atoms with van der Waals surface area (Å²) in [7, 11) is 0. The third kappa shape index (κ3) is 7.99. The van der Waals surface area contributed by atoms with Gasteiger partial charge in [-0.15, -0.1) is 6.58 Å². The molecule has 0 aliphatic heterocycles. The summed E-state index contributed by atoms with van der Waals surface area (Å²) in [6.07, 6.45) is 2.65. The number of halogens is 1. The lowest BCUT2D eigenvalue weighted by Crippen LogP contribution is -2.32. The highest BCUT2D eigenvalue weighted by Gasteiger charge is 2.06. The van der Waals surface area contributed by atoms with Gasteiger partial charge >= 0.3 is 0 Å². The van der Waals surface area contributed by atoms with Gasteiger partial charge in [-0.25, -0.2) is 0 Å². The van der Waals surface area contributed by atoms with E-state index in [0.717, 1.165) is 6.42 Å². The zero-order valence-corrected chi connectivity index (χ0v) is 9.47. The van der Waals surface area contributed by atoms with E-state index in [1.165, 1.54) is 0 Å². The van der Waals surface area contributed by atoms with Gasteiger partial charge in [0.15, 0.2) is 0 Å². The third-order valence-corrected chi connectivity index (χ3v) is 1.79. The Morgan fingerprint density at radius 1 is 1.69 bits per heavy atom. The molecular formula is C9H16BrNO2. The molecule has 0 heterocycles. The van der Waals surface area contributed by atoms with E-state index in [4.69, 9.17) is 4.74 Å². The summed E-state index contributed by atoms with van der Waals surface area (Å²) < 4.78 is 5.20. The van der Waals surface area contributed by atoms with Gasteiger partial charge in [0.25, 0.3) is 0 Å². The fourth-order valence-corrected chi connectivity index (χ4v) is 0.818. The van der Waals surface area contributed by atoms with Crippen LogP contribution in [0.4, 0.5) is 0 Å². The second-order valence-corrected chi connectivity index (χ2v) is 3.97. The van der Waals surface area contributed by atoms with Crippen molar-refractivity contribution < 1.29 is 9.53 Å². The van der Waals surface area contributed by atoms with E-state index in [1.54, 1.807) is 13.0 Å². The molecule has 0 aliphatic rings. The molecule has 0 rings (SSSR count). The molecule has 0 radical (unpaired) electrons. The monoisotopic (exact) mass is 249 g/mol. The standard InChI is InChI=1S/C9H16BrNO2/c1-3-4-6-13-7-5-11-9(12)8(2)10/h3,8H,1,4-7H2,2H3,(H,11,12). The maximum Gasteiger partial charge on any atom is 0.233 e. The van der Waals surface area contributed by atoms with Gasteiger partial charge in [0.2, 0.25) is 5.91 Å². The van der Waals surface area contributed by atoms with Crippen LogP contribution < -0.4 is 5.32 Å². The lowest BCUT2D eigenvalue weighted by molar-refractivity contribution is -0.120.